The summed E-state index contributed by atoms with van der Waals surface area (Å²) in [7, 11) is 0. The number of hydrogen-bond acceptors (Lipinski definition) is 3. The molecule has 112 valence electrons. The van der Waals surface area contributed by atoms with Crippen molar-refractivity contribution in [2.75, 3.05) is 27.0 Å². The number of aromatic amines is 1. The number of fused-ring (bicyclic) bond motifs is 1. The van der Waals surface area contributed by atoms with Gasteiger partial charge in [-0.3, -0.25) is 0 Å². The molecule has 1 aromatic heterocycles. The number of cyclic esters (lactones) is 1. The van der Waals surface area contributed by atoms with E-state index in [4.69, 9.17) is 24.7 Å². The lowest BCUT2D eigenvalue weighted by Gasteiger charge is -2.09. The zero-order valence-corrected chi connectivity index (χ0v) is 10.3. The number of benzene rings is 1. The molecule has 0 unspecified atom stereocenters. The number of likely N-dealkylation sites (N-methyl/N-ethyl adjacent to an activating group) is 1. The molecule has 1 atom stereocenters. The average molecular weight is 305 g/mol. The Kier molecular flexibility index (Phi) is 1.11. The smallest absolute Gasteiger partial charge is 0.407 e. The molecule has 1 saturated heterocycles. The molecule has 2 aromatic rings. The van der Waals surface area contributed by atoms with E-state index in [2.05, 4.69) is 9.72 Å². The summed E-state index contributed by atoms with van der Waals surface area (Å²) >= 11 is 0. The molecule has 5 nitrogen and oxygen atoms in total. The Balaban J connectivity index is 2.39. The third-order valence-corrected chi connectivity index (χ3v) is 2.47. The van der Waals surface area contributed by atoms with E-state index in [0.717, 1.165) is 0 Å². The molecule has 1 aliphatic heterocycles. The minimum Gasteiger partial charge on any atom is -0.447 e. The van der Waals surface area contributed by atoms with Gasteiger partial charge in [0.15, 0.2) is 0 Å². The highest BCUT2D eigenvalue weighted by Crippen LogP contribution is 2.21. The summed E-state index contributed by atoms with van der Waals surface area (Å²) in [5.41, 5.74) is -2.61. The zero-order valence-electron chi connectivity index (χ0n) is 28.3. The minimum absolute atomic E-state index is 0.512. The van der Waals surface area contributed by atoms with E-state index in [-0.39, 0.29) is 0 Å². The van der Waals surface area contributed by atoms with Gasteiger partial charge in [0.1, 0.15) is 6.56 Å². The van der Waals surface area contributed by atoms with Crippen LogP contribution in [0.4, 0.5) is 4.79 Å². The summed E-state index contributed by atoms with van der Waals surface area (Å²) < 4.78 is 149. The predicted octanol–water partition coefficient (Wildman–Crippen LogP) is 1.92. The Morgan fingerprint density at radius 3 is 3.33 bits per heavy atom. The van der Waals surface area contributed by atoms with Gasteiger partial charge >= 0.3 is 6.09 Å². The van der Waals surface area contributed by atoms with Gasteiger partial charge in [0.05, 0.1) is 14.2 Å². The Labute approximate surface area is 149 Å². The van der Waals surface area contributed by atoms with Crippen molar-refractivity contribution >= 4 is 17.0 Å². The lowest BCUT2D eigenvalue weighted by molar-refractivity contribution is 0.177. The maximum Gasteiger partial charge on any atom is 0.407 e. The molecule has 1 aromatic carbocycles. The first-order valence-electron chi connectivity index (χ1n) is 14.6. The van der Waals surface area contributed by atoms with E-state index in [9.17, 15) is 4.79 Å². The summed E-state index contributed by atoms with van der Waals surface area (Å²) in [5.74, 6) is 0. The topological polar surface area (TPSA) is 57.4 Å². The molecule has 0 radical (unpaired) electrons. The Hall–Kier alpha value is -2.01. The quantitative estimate of drug-likeness (QED) is 0.887. The van der Waals surface area contributed by atoms with Crippen molar-refractivity contribution in [2.24, 2.45) is 0 Å². The lowest BCUT2D eigenvalue weighted by Crippen LogP contribution is -2.28. The van der Waals surface area contributed by atoms with Crippen LogP contribution in [0.5, 0.6) is 0 Å². The van der Waals surface area contributed by atoms with Crippen molar-refractivity contribution in [1.82, 2.24) is 15.2 Å². The van der Waals surface area contributed by atoms with Crippen molar-refractivity contribution in [1.29, 1.82) is 0 Å². The van der Waals surface area contributed by atoms with Gasteiger partial charge in [-0.05, 0) is 49.9 Å². The normalized spacial score (nSPS) is 40.0. The number of rotatable bonds is 5. The predicted molar refractivity (Wildman–Crippen MR) is 82.5 cm³/mol. The number of ether oxygens (including phenoxy) is 1. The second kappa shape index (κ2) is 5.77. The highest BCUT2D eigenvalue weighted by molar-refractivity contribution is 5.84. The van der Waals surface area contributed by atoms with Crippen LogP contribution < -0.4 is 5.32 Å². The number of nitrogens with zero attached hydrogens (tertiary/aromatic N) is 1. The zero-order chi connectivity index (χ0) is 30.5. The van der Waals surface area contributed by atoms with Gasteiger partial charge in [0.2, 0.25) is 0 Å². The molecule has 2 N–H and O–H groups in total. The molecule has 0 bridgehead atoms. The van der Waals surface area contributed by atoms with Gasteiger partial charge in [-0.2, -0.15) is 0 Å². The number of aryl methyl sites for hydroxylation is 1. The molecular formula is C16H21N3O2. The van der Waals surface area contributed by atoms with Crippen LogP contribution in [0.15, 0.2) is 24.3 Å². The van der Waals surface area contributed by atoms with Crippen LogP contribution in [-0.4, -0.2) is 49.0 Å². The van der Waals surface area contributed by atoms with Crippen LogP contribution in [-0.2, 0) is 17.5 Å². The van der Waals surface area contributed by atoms with Crippen LogP contribution in [0.3, 0.4) is 0 Å². The largest absolute Gasteiger partial charge is 0.447 e. The molecule has 0 spiro atoms. The Morgan fingerprint density at radius 1 is 1.67 bits per heavy atom. The molecule has 0 aliphatic carbocycles. The number of hydrogen-bond donors (Lipinski definition) is 2. The van der Waals surface area contributed by atoms with Crippen LogP contribution in [0.1, 0.15) is 35.8 Å². The van der Waals surface area contributed by atoms with E-state index in [1.54, 1.807) is 5.32 Å². The van der Waals surface area contributed by atoms with E-state index < -0.39 is 96.9 Å². The van der Waals surface area contributed by atoms with Gasteiger partial charge in [-0.1, -0.05) is 6.04 Å². The average Bonchev–Trinajstić information content (AvgIpc) is 3.23. The van der Waals surface area contributed by atoms with Crippen LogP contribution in [0.2, 0.25) is 0 Å². The maximum absolute atomic E-state index is 11.7. The number of H-pyrrole nitrogens is 1. The highest BCUT2D eigenvalue weighted by Gasteiger charge is 2.22. The van der Waals surface area contributed by atoms with E-state index >= 15 is 0 Å². The van der Waals surface area contributed by atoms with E-state index in [0.29, 0.717) is 6.20 Å². The number of nitrogens with one attached hydrogen (secondary N) is 2. The monoisotopic (exact) mass is 305 g/mol. The number of aromatic nitrogens is 1. The third-order valence-electron chi connectivity index (χ3n) is 2.47. The van der Waals surface area contributed by atoms with Crippen molar-refractivity contribution in [3.05, 3.63) is 35.5 Å². The number of alkyl carbamates (subject to hydrolysis) is 1. The molecule has 0 saturated carbocycles. The van der Waals surface area contributed by atoms with Crippen LogP contribution >= 0.6 is 0 Å². The number of carbonyl (C=O) groups is 1. The Morgan fingerprint density at radius 2 is 2.57 bits per heavy atom. The molecule has 1 aliphatic rings. The lowest BCUT2D eigenvalue weighted by atomic mass is 10.0. The van der Waals surface area contributed by atoms with Gasteiger partial charge in [0, 0.05) is 40.0 Å². The minimum atomic E-state index is -3.85. The number of carbonyl (C=O) groups excluding carboxylic acids is 1. The number of amides is 1. The summed E-state index contributed by atoms with van der Waals surface area (Å²) in [6.45, 7) is -14.6. The third kappa shape index (κ3) is 3.19. The van der Waals surface area contributed by atoms with Crippen LogP contribution in [0.25, 0.3) is 10.9 Å². The molecule has 3 rings (SSSR count). The first kappa shape index (κ1) is 4.04. The standard InChI is InChI=1S/C16H21N3O2/c1-19(2)6-5-12-9-17-15-4-3-11(8-14(12)15)7-13-10-21-16(20)18-13/h3-4,8-9,13,17H,5-7,10H2,1-2H3,(H,18,20)/t13-/m0/s1/i1D3,2D3,3D,4D,5D2,6D2,7D2,8D,10D2,13D. The highest BCUT2D eigenvalue weighted by atomic mass is 16.6. The molecule has 1 fully saturated rings. The van der Waals surface area contributed by atoms with Gasteiger partial charge in [-0.25, -0.2) is 4.79 Å². The second-order valence-electron chi connectivity index (χ2n) is 3.89. The fourth-order valence-electron chi connectivity index (χ4n) is 1.64. The molecule has 21 heavy (non-hydrogen) atoms. The maximum atomic E-state index is 11.7. The van der Waals surface area contributed by atoms with Gasteiger partial charge < -0.3 is 19.9 Å². The summed E-state index contributed by atoms with van der Waals surface area (Å²) in [6.07, 6.45) is -7.94. The summed E-state index contributed by atoms with van der Waals surface area (Å²) in [6, 6.07) is -6.43. The van der Waals surface area contributed by atoms with Crippen molar-refractivity contribution in [3.63, 3.8) is 0 Å². The SMILES string of the molecule is [2H]c1c(C([2H])([2H])[C@]2([2H])NC(=O)OC2([2H])[2H])c([2H])c2c(C([2H])([2H])C([2H])([2H])N(C([2H])([2H])[2H])C([2H])([2H])[2H])c[nH]c2c1[2H]. The summed E-state index contributed by atoms with van der Waals surface area (Å²) in [5, 5.41) is 0.877. The molecule has 2 heterocycles. The van der Waals surface area contributed by atoms with E-state index in [1.165, 1.54) is 0 Å². The van der Waals surface area contributed by atoms with Crippen molar-refractivity contribution in [3.8, 4) is 0 Å². The Bertz CT molecular complexity index is 1310. The first-order chi connectivity index (χ1) is 17.2. The van der Waals surface area contributed by atoms with Crippen LogP contribution in [0, 0.1) is 0 Å². The summed E-state index contributed by atoms with van der Waals surface area (Å²) in [4.78, 5) is 13.4. The fourth-order valence-corrected chi connectivity index (χ4v) is 1.64. The van der Waals surface area contributed by atoms with Gasteiger partial charge in [0.25, 0.3) is 0 Å². The fraction of sp³-hybridized carbons (Fsp3) is 0.438. The van der Waals surface area contributed by atoms with Crippen molar-refractivity contribution < 1.29 is 34.2 Å². The molecule has 5 heteroatoms. The first-order valence-corrected chi connectivity index (χ1v) is 5.61. The molecule has 1 amide bonds. The van der Waals surface area contributed by atoms with E-state index in [1.807, 2.05) is 0 Å². The molecular weight excluding hydrogens is 266 g/mol. The van der Waals surface area contributed by atoms with Crippen molar-refractivity contribution in [2.45, 2.75) is 18.8 Å². The van der Waals surface area contributed by atoms with Gasteiger partial charge in [-0.15, -0.1) is 0 Å². The second-order valence-corrected chi connectivity index (χ2v) is 3.89.